The van der Waals surface area contributed by atoms with Gasteiger partial charge in [-0.1, -0.05) is 11.3 Å². The highest BCUT2D eigenvalue weighted by Crippen LogP contribution is 2.36. The molecule has 0 spiro atoms. The van der Waals surface area contributed by atoms with Crippen molar-refractivity contribution in [3.8, 4) is 0 Å². The summed E-state index contributed by atoms with van der Waals surface area (Å²) in [7, 11) is 0. The van der Waals surface area contributed by atoms with E-state index >= 15 is 0 Å². The number of carbonyl (C=O) groups excluding carboxylic acids is 2. The largest absolute Gasteiger partial charge is 0.443 e. The third-order valence-electron chi connectivity index (χ3n) is 5.13. The highest BCUT2D eigenvalue weighted by Gasteiger charge is 2.49. The van der Waals surface area contributed by atoms with E-state index in [9.17, 15) is 35.9 Å². The van der Waals surface area contributed by atoms with Crippen molar-refractivity contribution in [2.45, 2.75) is 31.7 Å². The summed E-state index contributed by atoms with van der Waals surface area (Å²) in [5.74, 6) is -3.93. The van der Waals surface area contributed by atoms with Gasteiger partial charge in [-0.15, -0.1) is 0 Å². The number of aliphatic imine (C=N–C) groups is 1. The summed E-state index contributed by atoms with van der Waals surface area (Å²) in [6, 6.07) is -0.716. The molecule has 1 N–H and O–H groups in total. The van der Waals surface area contributed by atoms with Crippen LogP contribution in [0.1, 0.15) is 18.4 Å². The topological polar surface area (TPSA) is 99.5 Å². The van der Waals surface area contributed by atoms with Crippen molar-refractivity contribution in [3.05, 3.63) is 11.2 Å². The summed E-state index contributed by atoms with van der Waals surface area (Å²) in [5.41, 5.74) is 1.24. The number of halogens is 6. The first-order chi connectivity index (χ1) is 16.4. The second-order valence-corrected chi connectivity index (χ2v) is 8.82. The maximum atomic E-state index is 13.1. The first-order valence-electron chi connectivity index (χ1n) is 10.5. The van der Waals surface area contributed by atoms with Crippen molar-refractivity contribution >= 4 is 40.1 Å². The van der Waals surface area contributed by atoms with Gasteiger partial charge in [0.15, 0.2) is 10.9 Å². The van der Waals surface area contributed by atoms with E-state index < -0.39 is 40.9 Å². The molecule has 0 radical (unpaired) electrons. The molecule has 9 nitrogen and oxygen atoms in total. The zero-order chi connectivity index (χ0) is 25.8. The Morgan fingerprint density at radius 1 is 1.26 bits per heavy atom. The molecule has 3 rings (SSSR count). The lowest BCUT2D eigenvalue weighted by Gasteiger charge is -2.35. The molecule has 2 amide bonds. The molecule has 0 saturated carbocycles. The average Bonchev–Trinajstić information content (AvgIpc) is 3.27. The van der Waals surface area contributed by atoms with E-state index in [4.69, 9.17) is 4.74 Å². The third kappa shape index (κ3) is 7.13. The van der Waals surface area contributed by atoms with E-state index in [0.29, 0.717) is 42.5 Å². The first kappa shape index (κ1) is 26.8. The average molecular weight is 528 g/mol. The number of amides is 2. The number of hydrazone groups is 1. The SMILES string of the molecule is C[C@@H](COCCC(=O)N1CCN(c2cnc(C(F)(F)F)s2)CC1)N=C1C=NNC(=O)C1C(F)(F)F. The maximum Gasteiger partial charge on any atom is 0.443 e. The molecular weight excluding hydrogens is 506 g/mol. The quantitative estimate of drug-likeness (QED) is 0.433. The second-order valence-electron chi connectivity index (χ2n) is 7.81. The molecule has 1 fully saturated rings. The van der Waals surface area contributed by atoms with Crippen LogP contribution >= 0.6 is 11.3 Å². The standard InChI is InChI=1S/C19H22F6N6O3S/c1-11(28-12-8-27-29-16(33)15(12)18(20,21)22)10-34-7-2-13(32)30-3-5-31(6-4-30)14-9-26-17(35-14)19(23,24)25/h8-9,11,15H,2-7,10H2,1H3,(H,29,33)/t11-,15?/m0/s1. The predicted octanol–water partition coefficient (Wildman–Crippen LogP) is 2.34. The van der Waals surface area contributed by atoms with Gasteiger partial charge in [0.05, 0.1) is 43.8 Å². The van der Waals surface area contributed by atoms with Gasteiger partial charge in [-0.05, 0) is 6.92 Å². The number of nitrogens with one attached hydrogen (secondary N) is 1. The second kappa shape index (κ2) is 10.9. The fraction of sp³-hybridized carbons (Fsp3) is 0.632. The van der Waals surface area contributed by atoms with Crippen LogP contribution in [0.25, 0.3) is 0 Å². The van der Waals surface area contributed by atoms with Gasteiger partial charge in [0.2, 0.25) is 5.91 Å². The fourth-order valence-corrected chi connectivity index (χ4v) is 4.28. The molecule has 3 heterocycles. The normalized spacial score (nSPS) is 21.4. The van der Waals surface area contributed by atoms with Gasteiger partial charge in [-0.2, -0.15) is 31.4 Å². The number of hydrogen-bond donors (Lipinski definition) is 1. The third-order valence-corrected chi connectivity index (χ3v) is 6.23. The van der Waals surface area contributed by atoms with Crippen LogP contribution in [0.4, 0.5) is 31.3 Å². The van der Waals surface area contributed by atoms with Crippen LogP contribution in [0.15, 0.2) is 16.3 Å². The lowest BCUT2D eigenvalue weighted by Crippen LogP contribution is -2.48. The van der Waals surface area contributed by atoms with E-state index in [1.807, 2.05) is 0 Å². The van der Waals surface area contributed by atoms with Gasteiger partial charge in [0.25, 0.3) is 5.91 Å². The summed E-state index contributed by atoms with van der Waals surface area (Å²) >= 11 is 0.552. The Morgan fingerprint density at radius 3 is 2.54 bits per heavy atom. The number of ether oxygens (including phenoxy) is 1. The van der Waals surface area contributed by atoms with Gasteiger partial charge in [-0.3, -0.25) is 14.6 Å². The molecule has 2 atom stereocenters. The van der Waals surface area contributed by atoms with Crippen LogP contribution in [0.3, 0.4) is 0 Å². The lowest BCUT2D eigenvalue weighted by atomic mass is 10.0. The van der Waals surface area contributed by atoms with Crippen molar-refractivity contribution in [2.75, 3.05) is 44.3 Å². The van der Waals surface area contributed by atoms with Crippen LogP contribution in [0.5, 0.6) is 0 Å². The molecule has 0 bridgehead atoms. The predicted molar refractivity (Wildman–Crippen MR) is 114 cm³/mol. The molecule has 1 saturated heterocycles. The minimum absolute atomic E-state index is 0.00923. The van der Waals surface area contributed by atoms with Crippen LogP contribution in [0, 0.1) is 5.92 Å². The Balaban J connectivity index is 1.40. The van der Waals surface area contributed by atoms with E-state index in [1.165, 1.54) is 13.1 Å². The number of anilines is 1. The minimum atomic E-state index is -4.81. The van der Waals surface area contributed by atoms with E-state index in [1.54, 1.807) is 15.2 Å². The number of rotatable bonds is 7. The summed E-state index contributed by atoms with van der Waals surface area (Å²) in [5, 5.41) is 2.83. The zero-order valence-electron chi connectivity index (χ0n) is 18.4. The Kier molecular flexibility index (Phi) is 8.35. The molecule has 16 heteroatoms. The van der Waals surface area contributed by atoms with Gasteiger partial charge in [0, 0.05) is 26.2 Å². The van der Waals surface area contributed by atoms with Crippen molar-refractivity contribution in [1.29, 1.82) is 0 Å². The molecular formula is C19H22F6N6O3S. The summed E-state index contributed by atoms with van der Waals surface area (Å²) in [6.07, 6.45) is -7.27. The molecule has 1 unspecified atom stereocenters. The van der Waals surface area contributed by atoms with Crippen LogP contribution in [-0.2, 0) is 20.5 Å². The first-order valence-corrected chi connectivity index (χ1v) is 11.3. The molecule has 35 heavy (non-hydrogen) atoms. The smallest absolute Gasteiger partial charge is 0.379 e. The lowest BCUT2D eigenvalue weighted by molar-refractivity contribution is -0.168. The Hall–Kier alpha value is -2.75. The van der Waals surface area contributed by atoms with Crippen molar-refractivity contribution in [2.24, 2.45) is 16.0 Å². The van der Waals surface area contributed by atoms with Gasteiger partial charge in [-0.25, -0.2) is 10.4 Å². The monoisotopic (exact) mass is 528 g/mol. The summed E-state index contributed by atoms with van der Waals surface area (Å²) in [4.78, 5) is 34.5. The molecule has 194 valence electrons. The zero-order valence-corrected chi connectivity index (χ0v) is 19.2. The Morgan fingerprint density at radius 2 is 1.94 bits per heavy atom. The van der Waals surface area contributed by atoms with Gasteiger partial charge >= 0.3 is 12.4 Å². The number of piperazine rings is 1. The number of alkyl halides is 6. The van der Waals surface area contributed by atoms with Crippen LogP contribution in [0.2, 0.25) is 0 Å². The van der Waals surface area contributed by atoms with Crippen LogP contribution < -0.4 is 10.3 Å². The molecule has 2 aliphatic rings. The van der Waals surface area contributed by atoms with Crippen LogP contribution in [-0.4, -0.2) is 85.2 Å². The fourth-order valence-electron chi connectivity index (χ4n) is 3.44. The number of carbonyl (C=O) groups is 2. The number of aromatic nitrogens is 1. The van der Waals surface area contributed by atoms with E-state index in [2.05, 4.69) is 15.1 Å². The minimum Gasteiger partial charge on any atom is -0.379 e. The van der Waals surface area contributed by atoms with Crippen molar-refractivity contribution in [3.63, 3.8) is 0 Å². The Labute approximate surface area is 199 Å². The van der Waals surface area contributed by atoms with Crippen molar-refractivity contribution < 1.29 is 40.7 Å². The molecule has 0 aliphatic carbocycles. The number of hydrogen-bond acceptors (Lipinski definition) is 8. The maximum absolute atomic E-state index is 13.1. The highest BCUT2D eigenvalue weighted by atomic mass is 32.1. The Bertz CT molecular complexity index is 971. The number of thiazole rings is 1. The molecule has 2 aliphatic heterocycles. The van der Waals surface area contributed by atoms with Gasteiger partial charge in [0.1, 0.15) is 5.00 Å². The summed E-state index contributed by atoms with van der Waals surface area (Å²) in [6.45, 7) is 2.80. The molecule has 0 aromatic carbocycles. The van der Waals surface area contributed by atoms with E-state index in [0.717, 1.165) is 6.21 Å². The highest BCUT2D eigenvalue weighted by molar-refractivity contribution is 7.15. The van der Waals surface area contributed by atoms with E-state index in [-0.39, 0.29) is 25.5 Å². The number of nitrogens with zero attached hydrogens (tertiary/aromatic N) is 5. The van der Waals surface area contributed by atoms with Crippen molar-refractivity contribution in [1.82, 2.24) is 15.3 Å². The molecule has 1 aromatic heterocycles. The summed E-state index contributed by atoms with van der Waals surface area (Å²) < 4.78 is 82.9. The molecule has 1 aromatic rings. The van der Waals surface area contributed by atoms with Gasteiger partial charge < -0.3 is 14.5 Å².